The maximum Gasteiger partial charge on any atom is 0.303 e. The Balaban J connectivity index is 2.60. The molecule has 1 heterocycles. The lowest BCUT2D eigenvalue weighted by Crippen LogP contribution is -2.24. The van der Waals surface area contributed by atoms with Gasteiger partial charge in [-0.25, -0.2) is 13.1 Å². The number of aryl methyl sites for hydroxylation is 1. The van der Waals surface area contributed by atoms with Crippen LogP contribution >= 0.6 is 27.3 Å². The number of hydrogen-bond donors (Lipinski definition) is 2. The van der Waals surface area contributed by atoms with E-state index in [1.54, 1.807) is 6.07 Å². The van der Waals surface area contributed by atoms with Gasteiger partial charge in [-0.1, -0.05) is 0 Å². The summed E-state index contributed by atoms with van der Waals surface area (Å²) in [6, 6.07) is 1.58. The second kappa shape index (κ2) is 5.94. The molecule has 1 aromatic rings. The normalized spacial score (nSPS) is 11.6. The lowest BCUT2D eigenvalue weighted by Gasteiger charge is -2.02. The first-order valence-electron chi connectivity index (χ1n) is 4.80. The number of sulfonamides is 1. The van der Waals surface area contributed by atoms with E-state index in [4.69, 9.17) is 5.11 Å². The van der Waals surface area contributed by atoms with Gasteiger partial charge >= 0.3 is 5.97 Å². The molecule has 0 fully saturated rings. The van der Waals surface area contributed by atoms with Crippen LogP contribution in [0.4, 0.5) is 0 Å². The molecular weight excluding hydrogens is 330 g/mol. The van der Waals surface area contributed by atoms with E-state index < -0.39 is 16.0 Å². The fourth-order valence-electron chi connectivity index (χ4n) is 1.08. The van der Waals surface area contributed by atoms with E-state index in [2.05, 4.69) is 20.7 Å². The molecule has 8 heteroatoms. The van der Waals surface area contributed by atoms with Gasteiger partial charge in [-0.05, 0) is 40.9 Å². The molecule has 17 heavy (non-hydrogen) atoms. The van der Waals surface area contributed by atoms with Crippen LogP contribution < -0.4 is 4.72 Å². The zero-order valence-electron chi connectivity index (χ0n) is 9.07. The highest BCUT2D eigenvalue weighted by Gasteiger charge is 2.17. The van der Waals surface area contributed by atoms with Crippen LogP contribution in [0, 0.1) is 6.92 Å². The van der Waals surface area contributed by atoms with E-state index >= 15 is 0 Å². The number of carbonyl (C=O) groups is 1. The first kappa shape index (κ1) is 14.6. The Morgan fingerprint density at radius 3 is 2.71 bits per heavy atom. The third-order valence-electron chi connectivity index (χ3n) is 1.96. The lowest BCUT2D eigenvalue weighted by atomic mass is 10.3. The third-order valence-corrected chi connectivity index (χ3v) is 6.03. The van der Waals surface area contributed by atoms with Crippen LogP contribution in [0.5, 0.6) is 0 Å². The van der Waals surface area contributed by atoms with Crippen molar-refractivity contribution in [2.45, 2.75) is 24.0 Å². The van der Waals surface area contributed by atoms with Gasteiger partial charge < -0.3 is 5.11 Å². The minimum absolute atomic E-state index is 0.0459. The molecule has 1 rings (SSSR count). The molecule has 0 saturated heterocycles. The molecule has 0 aliphatic carbocycles. The molecule has 0 radical (unpaired) electrons. The van der Waals surface area contributed by atoms with Crippen LogP contribution in [0.2, 0.25) is 0 Å². The Morgan fingerprint density at radius 2 is 2.24 bits per heavy atom. The van der Waals surface area contributed by atoms with Crippen molar-refractivity contribution in [3.63, 3.8) is 0 Å². The van der Waals surface area contributed by atoms with Crippen LogP contribution in [-0.4, -0.2) is 26.0 Å². The average Bonchev–Trinajstić information content (AvgIpc) is 2.55. The molecule has 2 N–H and O–H groups in total. The standard InChI is InChI=1S/C9H12BrNO4S2/c1-6-5-8(16-9(6)10)17(14,15)11-4-2-3-7(12)13/h5,11H,2-4H2,1H3,(H,12,13). The van der Waals surface area contributed by atoms with Crippen molar-refractivity contribution in [1.29, 1.82) is 0 Å². The van der Waals surface area contributed by atoms with Crippen LogP contribution in [0.1, 0.15) is 18.4 Å². The van der Waals surface area contributed by atoms with Crippen molar-refractivity contribution in [2.75, 3.05) is 6.54 Å². The number of nitrogens with one attached hydrogen (secondary N) is 1. The molecule has 0 spiro atoms. The number of aliphatic carboxylic acids is 1. The number of hydrogen-bond acceptors (Lipinski definition) is 4. The maximum atomic E-state index is 11.8. The molecule has 0 aliphatic heterocycles. The van der Waals surface area contributed by atoms with Crippen molar-refractivity contribution >= 4 is 43.3 Å². The predicted molar refractivity (Wildman–Crippen MR) is 68.8 cm³/mol. The maximum absolute atomic E-state index is 11.8. The van der Waals surface area contributed by atoms with Gasteiger partial charge in [0.25, 0.3) is 0 Å². The first-order valence-corrected chi connectivity index (χ1v) is 7.89. The molecule has 0 aliphatic rings. The SMILES string of the molecule is Cc1cc(S(=O)(=O)NCCCC(=O)O)sc1Br. The van der Waals surface area contributed by atoms with Crippen molar-refractivity contribution < 1.29 is 18.3 Å². The molecule has 96 valence electrons. The highest BCUT2D eigenvalue weighted by atomic mass is 79.9. The van der Waals surface area contributed by atoms with Crippen molar-refractivity contribution in [1.82, 2.24) is 4.72 Å². The van der Waals surface area contributed by atoms with E-state index in [1.807, 2.05) is 6.92 Å². The van der Waals surface area contributed by atoms with Gasteiger partial charge in [-0.15, -0.1) is 11.3 Å². The van der Waals surface area contributed by atoms with Gasteiger partial charge in [0.15, 0.2) is 0 Å². The topological polar surface area (TPSA) is 83.5 Å². The van der Waals surface area contributed by atoms with Gasteiger partial charge in [0.2, 0.25) is 10.0 Å². The Bertz CT molecular complexity index is 490. The van der Waals surface area contributed by atoms with Gasteiger partial charge in [0.1, 0.15) is 4.21 Å². The summed E-state index contributed by atoms with van der Waals surface area (Å²) in [5.74, 6) is -0.932. The number of rotatable bonds is 6. The summed E-state index contributed by atoms with van der Waals surface area (Å²) in [5.41, 5.74) is 0.862. The van der Waals surface area contributed by atoms with Crippen molar-refractivity contribution in [3.8, 4) is 0 Å². The number of halogens is 1. The van der Waals surface area contributed by atoms with Gasteiger partial charge in [-0.3, -0.25) is 4.79 Å². The van der Waals surface area contributed by atoms with Gasteiger partial charge in [0.05, 0.1) is 3.79 Å². The first-order chi connectivity index (χ1) is 7.83. The van der Waals surface area contributed by atoms with E-state index in [9.17, 15) is 13.2 Å². The molecule has 1 aromatic heterocycles. The summed E-state index contributed by atoms with van der Waals surface area (Å²) in [6.45, 7) is 1.94. The summed E-state index contributed by atoms with van der Waals surface area (Å²) in [7, 11) is -3.51. The van der Waals surface area contributed by atoms with Crippen LogP contribution in [0.15, 0.2) is 14.1 Å². The fraction of sp³-hybridized carbons (Fsp3) is 0.444. The van der Waals surface area contributed by atoms with E-state index in [0.717, 1.165) is 20.7 Å². The van der Waals surface area contributed by atoms with Gasteiger partial charge in [-0.2, -0.15) is 0 Å². The molecule has 0 saturated carbocycles. The summed E-state index contributed by atoms with van der Waals surface area (Å²) in [4.78, 5) is 10.3. The summed E-state index contributed by atoms with van der Waals surface area (Å²) in [6.07, 6.45) is 0.232. The fourth-order valence-corrected chi connectivity index (χ4v) is 4.43. The molecule has 0 unspecified atom stereocenters. The lowest BCUT2D eigenvalue weighted by molar-refractivity contribution is -0.137. The monoisotopic (exact) mass is 341 g/mol. The third kappa shape index (κ3) is 4.38. The Kier molecular flexibility index (Phi) is 5.11. The summed E-state index contributed by atoms with van der Waals surface area (Å²) >= 11 is 4.39. The molecule has 5 nitrogen and oxygen atoms in total. The predicted octanol–water partition coefficient (Wildman–Crippen LogP) is 1.96. The summed E-state index contributed by atoms with van der Waals surface area (Å²) < 4.78 is 26.9. The van der Waals surface area contributed by atoms with Crippen LogP contribution in [-0.2, 0) is 14.8 Å². The smallest absolute Gasteiger partial charge is 0.303 e. The number of carboxylic acids is 1. The van der Waals surface area contributed by atoms with E-state index in [0.29, 0.717) is 0 Å². The van der Waals surface area contributed by atoms with E-state index in [-0.39, 0.29) is 23.6 Å². The van der Waals surface area contributed by atoms with E-state index in [1.165, 1.54) is 0 Å². The second-order valence-electron chi connectivity index (χ2n) is 3.42. The van der Waals surface area contributed by atoms with Crippen molar-refractivity contribution in [3.05, 3.63) is 15.4 Å². The second-order valence-corrected chi connectivity index (χ2v) is 7.78. The Hall–Kier alpha value is -0.440. The van der Waals surface area contributed by atoms with Gasteiger partial charge in [0, 0.05) is 13.0 Å². The van der Waals surface area contributed by atoms with Crippen LogP contribution in [0.3, 0.4) is 0 Å². The highest BCUT2D eigenvalue weighted by molar-refractivity contribution is 9.11. The van der Waals surface area contributed by atoms with Crippen LogP contribution in [0.25, 0.3) is 0 Å². The molecule has 0 amide bonds. The quantitative estimate of drug-likeness (QED) is 0.774. The number of carboxylic acid groups (broad SMARTS) is 1. The average molecular weight is 342 g/mol. The minimum Gasteiger partial charge on any atom is -0.481 e. The Morgan fingerprint density at radius 1 is 1.59 bits per heavy atom. The van der Waals surface area contributed by atoms with Crippen molar-refractivity contribution in [2.24, 2.45) is 0 Å². The molecule has 0 aromatic carbocycles. The zero-order valence-corrected chi connectivity index (χ0v) is 12.3. The Labute approximate surface area is 112 Å². The zero-order chi connectivity index (χ0) is 13.1. The number of thiophene rings is 1. The minimum atomic E-state index is -3.51. The molecule has 0 atom stereocenters. The molecule has 0 bridgehead atoms. The largest absolute Gasteiger partial charge is 0.481 e. The highest BCUT2D eigenvalue weighted by Crippen LogP contribution is 2.30. The summed E-state index contributed by atoms with van der Waals surface area (Å²) in [5, 5.41) is 8.42. The molecular formula is C9H12BrNO4S2.